The fraction of sp³-hybridized carbons (Fsp3) is 0.188. The van der Waals surface area contributed by atoms with E-state index in [1.165, 1.54) is 6.20 Å². The Morgan fingerprint density at radius 1 is 1.18 bits per heavy atom. The van der Waals surface area contributed by atoms with Gasteiger partial charge in [0, 0.05) is 21.6 Å². The van der Waals surface area contributed by atoms with Crippen LogP contribution in [0.1, 0.15) is 22.5 Å². The van der Waals surface area contributed by atoms with Crippen molar-refractivity contribution in [3.8, 4) is 0 Å². The highest BCUT2D eigenvalue weighted by atomic mass is 79.9. The molecular weight excluding hydrogens is 410 g/mol. The number of hydrogen-bond acceptors (Lipinski definition) is 3. The Morgan fingerprint density at radius 2 is 1.86 bits per heavy atom. The molecule has 0 fully saturated rings. The Labute approximate surface area is 144 Å². The van der Waals surface area contributed by atoms with Crippen molar-refractivity contribution in [3.05, 3.63) is 66.2 Å². The summed E-state index contributed by atoms with van der Waals surface area (Å²) >= 11 is 7.09. The van der Waals surface area contributed by atoms with E-state index in [1.54, 1.807) is 6.07 Å². The van der Waals surface area contributed by atoms with Gasteiger partial charge >= 0.3 is 0 Å². The molecule has 0 aliphatic carbocycles. The van der Waals surface area contributed by atoms with E-state index in [2.05, 4.69) is 46.8 Å². The number of rotatable bonds is 2. The first-order chi connectivity index (χ1) is 10.5. The van der Waals surface area contributed by atoms with E-state index >= 15 is 0 Å². The average Bonchev–Trinajstić information content (AvgIpc) is 2.76. The molecule has 0 radical (unpaired) electrons. The first-order valence-corrected chi connectivity index (χ1v) is 8.33. The van der Waals surface area contributed by atoms with Gasteiger partial charge in [-0.2, -0.15) is 0 Å². The summed E-state index contributed by atoms with van der Waals surface area (Å²) < 4.78 is 2.01. The Bertz CT molecular complexity index is 911. The number of fused-ring (bicyclic) bond motifs is 1. The summed E-state index contributed by atoms with van der Waals surface area (Å²) in [6, 6.07) is 5.83. The van der Waals surface area contributed by atoms with Crippen molar-refractivity contribution in [1.29, 1.82) is 0 Å². The highest BCUT2D eigenvalue weighted by Crippen LogP contribution is 2.27. The van der Waals surface area contributed by atoms with Crippen molar-refractivity contribution in [2.24, 2.45) is 0 Å². The number of nitrogens with zero attached hydrogens (tertiary/aromatic N) is 2. The number of H-pyrrole nitrogens is 1. The number of benzene rings is 1. The molecule has 0 saturated carbocycles. The molecule has 112 valence electrons. The van der Waals surface area contributed by atoms with Crippen LogP contribution in [0.3, 0.4) is 0 Å². The number of aromatic nitrogens is 3. The maximum absolute atomic E-state index is 12.3. The minimum absolute atomic E-state index is 0.241. The summed E-state index contributed by atoms with van der Waals surface area (Å²) in [4.78, 5) is 23.8. The number of aryl methyl sites for hydroxylation is 1. The summed E-state index contributed by atoms with van der Waals surface area (Å²) in [5.74, 6) is 0.785. The molecule has 4 nitrogen and oxygen atoms in total. The van der Waals surface area contributed by atoms with Crippen LogP contribution in [0.15, 0.2) is 38.1 Å². The quantitative estimate of drug-likeness (QED) is 0.677. The molecule has 0 atom stereocenters. The lowest BCUT2D eigenvalue weighted by Gasteiger charge is -2.06. The normalized spacial score (nSPS) is 11.1. The largest absolute Gasteiger partial charge is 0.342 e. The van der Waals surface area contributed by atoms with Crippen molar-refractivity contribution in [2.75, 3.05) is 0 Å². The van der Waals surface area contributed by atoms with Crippen LogP contribution < -0.4 is 5.56 Å². The second-order valence-electron chi connectivity index (χ2n) is 5.17. The zero-order chi connectivity index (χ0) is 15.9. The standard InChI is InChI=1S/C16H13Br2N3O/c1-8-12(17)6-10(7-13(8)18)5-11-15-14(20-9(2)21-15)3-4-19-16(11)22/h3-4,6-7H,5H2,1-2H3,(H,20,21). The van der Waals surface area contributed by atoms with Crippen LogP contribution in [0.4, 0.5) is 0 Å². The van der Waals surface area contributed by atoms with Crippen molar-refractivity contribution < 1.29 is 0 Å². The minimum atomic E-state index is -0.241. The molecule has 0 unspecified atom stereocenters. The number of aromatic amines is 1. The molecule has 0 bridgehead atoms. The third-order valence-corrected chi connectivity index (χ3v) is 5.20. The summed E-state index contributed by atoms with van der Waals surface area (Å²) in [5, 5.41) is 0. The predicted molar refractivity (Wildman–Crippen MR) is 94.3 cm³/mol. The Kier molecular flexibility index (Phi) is 4.14. The van der Waals surface area contributed by atoms with Crippen LogP contribution >= 0.6 is 31.9 Å². The van der Waals surface area contributed by atoms with E-state index in [4.69, 9.17) is 0 Å². The second-order valence-corrected chi connectivity index (χ2v) is 6.88. The molecule has 22 heavy (non-hydrogen) atoms. The fourth-order valence-electron chi connectivity index (χ4n) is 2.38. The van der Waals surface area contributed by atoms with E-state index in [0.29, 0.717) is 17.5 Å². The van der Waals surface area contributed by atoms with Gasteiger partial charge in [0.05, 0.1) is 16.6 Å². The number of halogens is 2. The van der Waals surface area contributed by atoms with Crippen molar-refractivity contribution in [3.63, 3.8) is 0 Å². The third kappa shape index (κ3) is 2.85. The maximum atomic E-state index is 12.3. The zero-order valence-corrected chi connectivity index (χ0v) is 15.2. The van der Waals surface area contributed by atoms with Crippen LogP contribution in [-0.4, -0.2) is 15.0 Å². The van der Waals surface area contributed by atoms with Crippen LogP contribution in [0.25, 0.3) is 11.0 Å². The topological polar surface area (TPSA) is 58.6 Å². The zero-order valence-electron chi connectivity index (χ0n) is 12.1. The summed E-state index contributed by atoms with van der Waals surface area (Å²) in [7, 11) is 0. The average molecular weight is 423 g/mol. The lowest BCUT2D eigenvalue weighted by Crippen LogP contribution is -2.10. The Balaban J connectivity index is 2.19. The molecule has 0 saturated heterocycles. The molecule has 0 aliphatic heterocycles. The minimum Gasteiger partial charge on any atom is -0.342 e. The molecule has 0 aliphatic rings. The van der Waals surface area contributed by atoms with Gasteiger partial charge in [0.2, 0.25) is 0 Å². The van der Waals surface area contributed by atoms with E-state index in [0.717, 1.165) is 31.4 Å². The summed E-state index contributed by atoms with van der Waals surface area (Å²) in [5.41, 5.74) is 4.03. The summed E-state index contributed by atoms with van der Waals surface area (Å²) in [6.45, 7) is 3.90. The second kappa shape index (κ2) is 5.93. The maximum Gasteiger partial charge on any atom is 0.275 e. The van der Waals surface area contributed by atoms with Crippen molar-refractivity contribution in [2.45, 2.75) is 20.3 Å². The molecule has 0 amide bonds. The first kappa shape index (κ1) is 15.4. The smallest absolute Gasteiger partial charge is 0.275 e. The van der Waals surface area contributed by atoms with Gasteiger partial charge in [-0.25, -0.2) is 9.97 Å². The molecular formula is C16H13Br2N3O. The lowest BCUT2D eigenvalue weighted by molar-refractivity contribution is 1.10. The van der Waals surface area contributed by atoms with Crippen molar-refractivity contribution in [1.82, 2.24) is 15.0 Å². The van der Waals surface area contributed by atoms with Gasteiger partial charge in [-0.15, -0.1) is 0 Å². The SMILES string of the molecule is Cc1nc2c(Cc3cc(Br)c(C)c(Br)c3)c(=O)nccc2[nH]1. The van der Waals surface area contributed by atoms with E-state index in [9.17, 15) is 4.79 Å². The predicted octanol–water partition coefficient (Wildman–Crippen LogP) is 4.05. The van der Waals surface area contributed by atoms with Crippen LogP contribution in [0, 0.1) is 13.8 Å². The van der Waals surface area contributed by atoms with Crippen LogP contribution in [0.5, 0.6) is 0 Å². The highest BCUT2D eigenvalue weighted by molar-refractivity contribution is 9.11. The van der Waals surface area contributed by atoms with Gasteiger partial charge in [0.1, 0.15) is 5.82 Å². The lowest BCUT2D eigenvalue weighted by atomic mass is 10.0. The van der Waals surface area contributed by atoms with Gasteiger partial charge in [-0.3, -0.25) is 4.79 Å². The number of imidazole rings is 1. The van der Waals surface area contributed by atoms with E-state index in [-0.39, 0.29) is 5.56 Å². The van der Waals surface area contributed by atoms with Gasteiger partial charge in [0.15, 0.2) is 0 Å². The monoisotopic (exact) mass is 421 g/mol. The number of hydrogen-bond donors (Lipinski definition) is 1. The Morgan fingerprint density at radius 3 is 2.55 bits per heavy atom. The van der Waals surface area contributed by atoms with Gasteiger partial charge < -0.3 is 4.98 Å². The van der Waals surface area contributed by atoms with Gasteiger partial charge in [0.25, 0.3) is 5.56 Å². The molecule has 1 aromatic carbocycles. The van der Waals surface area contributed by atoms with Crippen LogP contribution in [0.2, 0.25) is 0 Å². The van der Waals surface area contributed by atoms with E-state index < -0.39 is 0 Å². The van der Waals surface area contributed by atoms with Gasteiger partial charge in [-0.1, -0.05) is 31.9 Å². The molecule has 2 aromatic heterocycles. The van der Waals surface area contributed by atoms with E-state index in [1.807, 2.05) is 26.0 Å². The van der Waals surface area contributed by atoms with Gasteiger partial charge in [-0.05, 0) is 43.2 Å². The summed E-state index contributed by atoms with van der Waals surface area (Å²) in [6.07, 6.45) is 2.01. The highest BCUT2D eigenvalue weighted by Gasteiger charge is 2.12. The first-order valence-electron chi connectivity index (χ1n) is 6.74. The molecule has 3 rings (SSSR count). The fourth-order valence-corrected chi connectivity index (χ4v) is 3.66. The Hall–Kier alpha value is -1.53. The molecule has 3 aromatic rings. The number of nitrogens with one attached hydrogen (secondary N) is 1. The van der Waals surface area contributed by atoms with Crippen molar-refractivity contribution >= 4 is 42.9 Å². The molecule has 0 spiro atoms. The molecule has 2 heterocycles. The van der Waals surface area contributed by atoms with Crippen LogP contribution in [-0.2, 0) is 6.42 Å². The molecule has 1 N–H and O–H groups in total. The molecule has 6 heteroatoms. The third-order valence-electron chi connectivity index (χ3n) is 3.55.